The average Bonchev–Trinajstić information content (AvgIpc) is 2.65. The van der Waals surface area contributed by atoms with Crippen LogP contribution in [-0.4, -0.2) is 0 Å². The van der Waals surface area contributed by atoms with E-state index in [0.717, 1.165) is 0 Å². The highest BCUT2D eigenvalue weighted by Gasteiger charge is 2.27. The predicted molar refractivity (Wildman–Crippen MR) is 131 cm³/mol. The van der Waals surface area contributed by atoms with Crippen molar-refractivity contribution in [1.82, 2.24) is 0 Å². The number of aryl methyl sites for hydroxylation is 1. The maximum absolute atomic E-state index is 2.44. The molecule has 1 nitrogen and oxygen atoms in total. The fourth-order valence-electron chi connectivity index (χ4n) is 4.44. The van der Waals surface area contributed by atoms with Gasteiger partial charge in [0.2, 0.25) is 5.69 Å². The number of hydrogen-bond donors (Lipinski definition) is 0. The van der Waals surface area contributed by atoms with Crippen molar-refractivity contribution in [1.29, 1.82) is 0 Å². The van der Waals surface area contributed by atoms with Crippen LogP contribution < -0.4 is 4.57 Å². The van der Waals surface area contributed by atoms with Crippen LogP contribution in [0.3, 0.4) is 0 Å². The lowest BCUT2D eigenvalue weighted by Crippen LogP contribution is -2.31. The molecule has 0 aliphatic rings. The fraction of sp³-hybridized carbons (Fsp3) is 0.483. The number of pyridine rings is 1. The van der Waals surface area contributed by atoms with Gasteiger partial charge in [0.15, 0.2) is 6.20 Å². The molecule has 2 aromatic carbocycles. The maximum Gasteiger partial charge on any atom is 0.220 e. The molecule has 0 spiro atoms. The van der Waals surface area contributed by atoms with Crippen LogP contribution in [-0.2, 0) is 17.9 Å². The van der Waals surface area contributed by atoms with Crippen molar-refractivity contribution in [3.8, 4) is 11.3 Å². The summed E-state index contributed by atoms with van der Waals surface area (Å²) >= 11 is 0. The van der Waals surface area contributed by atoms with E-state index in [4.69, 9.17) is 0 Å². The molecule has 0 bridgehead atoms. The highest BCUT2D eigenvalue weighted by atomic mass is 14.9. The van der Waals surface area contributed by atoms with Gasteiger partial charge in [-0.25, -0.2) is 4.57 Å². The minimum absolute atomic E-state index is 0.104. The third kappa shape index (κ3) is 4.17. The predicted octanol–water partition coefficient (Wildman–Crippen LogP) is 7.75. The minimum Gasteiger partial charge on any atom is -0.200 e. The summed E-state index contributed by atoms with van der Waals surface area (Å²) in [7, 11) is 2.18. The fourth-order valence-corrected chi connectivity index (χ4v) is 4.44. The molecule has 0 saturated carbocycles. The molecule has 30 heavy (non-hydrogen) atoms. The quantitative estimate of drug-likeness (QED) is 0.394. The van der Waals surface area contributed by atoms with E-state index >= 15 is 0 Å². The van der Waals surface area contributed by atoms with E-state index < -0.39 is 0 Å². The van der Waals surface area contributed by atoms with Crippen molar-refractivity contribution in [2.75, 3.05) is 0 Å². The Labute approximate surface area is 184 Å². The van der Waals surface area contributed by atoms with Crippen molar-refractivity contribution < 1.29 is 4.57 Å². The minimum atomic E-state index is 0.104. The van der Waals surface area contributed by atoms with Gasteiger partial charge in [0, 0.05) is 6.07 Å². The summed E-state index contributed by atoms with van der Waals surface area (Å²) in [5, 5.41) is 2.67. The topological polar surface area (TPSA) is 3.88 Å². The van der Waals surface area contributed by atoms with Gasteiger partial charge < -0.3 is 0 Å². The number of nitrogens with zero attached hydrogens (tertiary/aromatic N) is 1. The molecule has 1 heterocycles. The zero-order valence-electron chi connectivity index (χ0n) is 20.8. The van der Waals surface area contributed by atoms with Gasteiger partial charge in [-0.05, 0) is 69.9 Å². The highest BCUT2D eigenvalue weighted by molar-refractivity contribution is 5.94. The Bertz CT molecular complexity index is 1070. The second-order valence-corrected chi connectivity index (χ2v) is 11.1. The van der Waals surface area contributed by atoms with Crippen LogP contribution in [0.25, 0.3) is 22.0 Å². The molecule has 0 radical (unpaired) electrons. The maximum atomic E-state index is 2.44. The van der Waals surface area contributed by atoms with E-state index in [1.807, 2.05) is 0 Å². The monoisotopic (exact) mass is 402 g/mol. The number of aromatic nitrogens is 1. The normalized spacial score (nSPS) is 13.7. The van der Waals surface area contributed by atoms with Gasteiger partial charge in [0.1, 0.15) is 7.05 Å². The first-order chi connectivity index (χ1) is 13.8. The summed E-state index contributed by atoms with van der Waals surface area (Å²) in [4.78, 5) is 0. The van der Waals surface area contributed by atoms with Crippen LogP contribution >= 0.6 is 0 Å². The van der Waals surface area contributed by atoms with Crippen LogP contribution in [0.15, 0.2) is 42.6 Å². The van der Waals surface area contributed by atoms with Crippen LogP contribution in [0.2, 0.25) is 0 Å². The number of fused-ring (bicyclic) bond motifs is 1. The Hall–Kier alpha value is -2.15. The van der Waals surface area contributed by atoms with Gasteiger partial charge >= 0.3 is 0 Å². The molecule has 0 N–H and O–H groups in total. The first-order valence-electron chi connectivity index (χ1n) is 11.4. The summed E-state index contributed by atoms with van der Waals surface area (Å²) in [6, 6.07) is 14.2. The molecular weight excluding hydrogens is 362 g/mol. The molecule has 0 fully saturated rings. The van der Waals surface area contributed by atoms with E-state index in [2.05, 4.69) is 117 Å². The first-order valence-corrected chi connectivity index (χ1v) is 11.4. The smallest absolute Gasteiger partial charge is 0.200 e. The third-order valence-corrected chi connectivity index (χ3v) is 6.68. The van der Waals surface area contributed by atoms with Crippen LogP contribution in [0.1, 0.15) is 90.0 Å². The number of benzene rings is 2. The lowest BCUT2D eigenvalue weighted by atomic mass is 9.76. The molecule has 0 aliphatic heterocycles. The third-order valence-electron chi connectivity index (χ3n) is 6.68. The molecule has 3 rings (SSSR count). The van der Waals surface area contributed by atoms with Crippen molar-refractivity contribution in [2.24, 2.45) is 7.05 Å². The second kappa shape index (κ2) is 7.84. The standard InChI is InChI=1S/C29H40N/c1-11-19(2)21-12-13-24-22(16-21)14-15-30(10)27(24)25-17-23(28(4,5)6)18-26(20(25)3)29(7,8)9/h12-19H,11H2,1-10H3/q+1. The summed E-state index contributed by atoms with van der Waals surface area (Å²) in [5.41, 5.74) is 8.56. The van der Waals surface area contributed by atoms with Crippen LogP contribution in [0.5, 0.6) is 0 Å². The molecule has 1 unspecified atom stereocenters. The first kappa shape index (κ1) is 22.5. The highest BCUT2D eigenvalue weighted by Crippen LogP contribution is 2.38. The van der Waals surface area contributed by atoms with Gasteiger partial charge in [-0.15, -0.1) is 0 Å². The molecule has 1 heteroatoms. The van der Waals surface area contributed by atoms with E-state index in [1.54, 1.807) is 0 Å². The lowest BCUT2D eigenvalue weighted by molar-refractivity contribution is -0.659. The lowest BCUT2D eigenvalue weighted by Gasteiger charge is -2.28. The largest absolute Gasteiger partial charge is 0.220 e. The molecule has 1 atom stereocenters. The molecule has 1 aromatic heterocycles. The van der Waals surface area contributed by atoms with Crippen molar-refractivity contribution >= 4 is 10.8 Å². The Kier molecular flexibility index (Phi) is 5.89. The molecule has 3 aromatic rings. The zero-order chi connectivity index (χ0) is 22.4. The van der Waals surface area contributed by atoms with Gasteiger partial charge in [-0.3, -0.25) is 0 Å². The van der Waals surface area contributed by atoms with Gasteiger partial charge in [0.05, 0.1) is 10.9 Å². The summed E-state index contributed by atoms with van der Waals surface area (Å²) in [6.45, 7) is 20.8. The van der Waals surface area contributed by atoms with Crippen molar-refractivity contribution in [3.05, 3.63) is 64.8 Å². The Morgan fingerprint density at radius 1 is 0.900 bits per heavy atom. The SMILES string of the molecule is CCC(C)c1ccc2c(-c3cc(C(C)(C)C)cc(C(C)(C)C)c3C)[n+](C)ccc2c1. The summed E-state index contributed by atoms with van der Waals surface area (Å²) in [5.74, 6) is 0.588. The average molecular weight is 403 g/mol. The van der Waals surface area contributed by atoms with Crippen LogP contribution in [0.4, 0.5) is 0 Å². The van der Waals surface area contributed by atoms with Gasteiger partial charge in [-0.1, -0.05) is 73.6 Å². The zero-order valence-corrected chi connectivity index (χ0v) is 20.8. The summed E-state index contributed by atoms with van der Waals surface area (Å²) in [6.07, 6.45) is 3.39. The van der Waals surface area contributed by atoms with Gasteiger partial charge in [0.25, 0.3) is 0 Å². The molecular formula is C29H40N+. The molecule has 0 saturated heterocycles. The summed E-state index contributed by atoms with van der Waals surface area (Å²) < 4.78 is 2.30. The van der Waals surface area contributed by atoms with Crippen molar-refractivity contribution in [2.45, 2.75) is 85.5 Å². The number of hydrogen-bond acceptors (Lipinski definition) is 0. The van der Waals surface area contributed by atoms with E-state index in [0.29, 0.717) is 5.92 Å². The number of rotatable bonds is 3. The molecule has 0 aliphatic carbocycles. The Morgan fingerprint density at radius 3 is 2.13 bits per heavy atom. The Morgan fingerprint density at radius 2 is 1.57 bits per heavy atom. The van der Waals surface area contributed by atoms with E-state index in [9.17, 15) is 0 Å². The van der Waals surface area contributed by atoms with Crippen molar-refractivity contribution in [3.63, 3.8) is 0 Å². The van der Waals surface area contributed by atoms with E-state index in [-0.39, 0.29) is 10.8 Å². The van der Waals surface area contributed by atoms with Gasteiger partial charge in [-0.2, -0.15) is 0 Å². The molecule has 160 valence electrons. The Balaban J connectivity index is 2.38. The molecule has 0 amide bonds. The second-order valence-electron chi connectivity index (χ2n) is 11.1. The van der Waals surface area contributed by atoms with E-state index in [1.165, 1.54) is 50.7 Å². The van der Waals surface area contributed by atoms with Crippen LogP contribution in [0, 0.1) is 6.92 Å².